The van der Waals surface area contributed by atoms with E-state index < -0.39 is 12.1 Å². The summed E-state index contributed by atoms with van der Waals surface area (Å²) in [5.74, 6) is -0.394. The molecule has 0 saturated heterocycles. The maximum Gasteiger partial charge on any atom is 0.345 e. The van der Waals surface area contributed by atoms with E-state index in [2.05, 4.69) is 12.1 Å². The summed E-state index contributed by atoms with van der Waals surface area (Å²) in [4.78, 5) is 11.6. The molecule has 1 atom stereocenters. The Balaban J connectivity index is 1.79. The van der Waals surface area contributed by atoms with Crippen molar-refractivity contribution in [3.63, 3.8) is 0 Å². The first-order valence-electron chi connectivity index (χ1n) is 8.23. The van der Waals surface area contributed by atoms with Crippen LogP contribution in [0.25, 0.3) is 11.1 Å². The van der Waals surface area contributed by atoms with Gasteiger partial charge < -0.3 is 9.84 Å². The maximum absolute atomic E-state index is 11.6. The molecular formula is C22H20O3. The molecule has 3 rings (SSSR count). The molecule has 3 heteroatoms. The van der Waals surface area contributed by atoms with Gasteiger partial charge in [-0.25, -0.2) is 4.79 Å². The number of ether oxygens (including phenoxy) is 1. The first-order chi connectivity index (χ1) is 12.1. The Hall–Kier alpha value is -3.07. The predicted octanol–water partition coefficient (Wildman–Crippen LogP) is 4.74. The van der Waals surface area contributed by atoms with Crippen molar-refractivity contribution in [1.82, 2.24) is 0 Å². The summed E-state index contributed by atoms with van der Waals surface area (Å²) < 4.78 is 5.75. The Kier molecular flexibility index (Phi) is 5.14. The Morgan fingerprint density at radius 2 is 1.60 bits per heavy atom. The second-order valence-corrected chi connectivity index (χ2v) is 5.98. The molecule has 0 amide bonds. The average molecular weight is 332 g/mol. The third-order valence-corrected chi connectivity index (χ3v) is 4.10. The van der Waals surface area contributed by atoms with Gasteiger partial charge in [0.2, 0.25) is 0 Å². The Bertz CT molecular complexity index is 842. The van der Waals surface area contributed by atoms with Crippen LogP contribution in [0.1, 0.15) is 11.1 Å². The van der Waals surface area contributed by atoms with Crippen molar-refractivity contribution in [2.75, 3.05) is 0 Å². The molecule has 0 spiro atoms. The highest BCUT2D eigenvalue weighted by Crippen LogP contribution is 2.27. The molecule has 0 saturated carbocycles. The summed E-state index contributed by atoms with van der Waals surface area (Å²) >= 11 is 0. The minimum absolute atomic E-state index is 0.329. The summed E-state index contributed by atoms with van der Waals surface area (Å²) in [6, 6.07) is 25.3. The highest BCUT2D eigenvalue weighted by Gasteiger charge is 2.20. The highest BCUT2D eigenvalue weighted by molar-refractivity contribution is 5.73. The maximum atomic E-state index is 11.6. The number of benzene rings is 3. The van der Waals surface area contributed by atoms with E-state index in [0.717, 1.165) is 22.3 Å². The largest absolute Gasteiger partial charge is 0.478 e. The van der Waals surface area contributed by atoms with Gasteiger partial charge in [0.1, 0.15) is 5.75 Å². The molecule has 126 valence electrons. The molecule has 0 fully saturated rings. The molecule has 0 unspecified atom stereocenters. The minimum atomic E-state index is -0.964. The summed E-state index contributed by atoms with van der Waals surface area (Å²) in [5.41, 5.74) is 4.23. The van der Waals surface area contributed by atoms with E-state index >= 15 is 0 Å². The fourth-order valence-electron chi connectivity index (χ4n) is 2.82. The molecule has 0 aliphatic rings. The van der Waals surface area contributed by atoms with Gasteiger partial charge in [0.05, 0.1) is 0 Å². The van der Waals surface area contributed by atoms with E-state index in [-0.39, 0.29) is 0 Å². The fraction of sp³-hybridized carbons (Fsp3) is 0.136. The molecule has 0 aliphatic heterocycles. The number of rotatable bonds is 6. The third-order valence-electron chi connectivity index (χ3n) is 4.10. The van der Waals surface area contributed by atoms with Crippen molar-refractivity contribution in [2.45, 2.75) is 19.4 Å². The molecule has 1 N–H and O–H groups in total. The molecular weight excluding hydrogens is 312 g/mol. The van der Waals surface area contributed by atoms with Crippen LogP contribution in [0.5, 0.6) is 5.75 Å². The van der Waals surface area contributed by atoms with Gasteiger partial charge in [0, 0.05) is 6.42 Å². The topological polar surface area (TPSA) is 46.5 Å². The SMILES string of the molecule is Cc1cc(O[C@@H](Cc2ccccc2)C(=O)O)ccc1-c1ccccc1. The number of carboxylic acid groups (broad SMARTS) is 1. The van der Waals surface area contributed by atoms with Crippen LogP contribution in [0.2, 0.25) is 0 Å². The first-order valence-corrected chi connectivity index (χ1v) is 8.23. The smallest absolute Gasteiger partial charge is 0.345 e. The molecule has 0 bridgehead atoms. The number of aliphatic carboxylic acids is 1. The van der Waals surface area contributed by atoms with E-state index in [1.807, 2.05) is 73.7 Å². The normalized spacial score (nSPS) is 11.7. The summed E-state index contributed by atoms with van der Waals surface area (Å²) in [6.45, 7) is 2.00. The van der Waals surface area contributed by atoms with Crippen molar-refractivity contribution >= 4 is 5.97 Å². The van der Waals surface area contributed by atoms with Crippen LogP contribution >= 0.6 is 0 Å². The molecule has 0 aromatic heterocycles. The molecule has 0 heterocycles. The Morgan fingerprint density at radius 1 is 0.960 bits per heavy atom. The van der Waals surface area contributed by atoms with Crippen molar-refractivity contribution in [3.05, 3.63) is 90.0 Å². The molecule has 3 nitrogen and oxygen atoms in total. The van der Waals surface area contributed by atoms with E-state index in [0.29, 0.717) is 12.2 Å². The molecule has 3 aromatic rings. The van der Waals surface area contributed by atoms with Gasteiger partial charge in [-0.3, -0.25) is 0 Å². The monoisotopic (exact) mass is 332 g/mol. The molecule has 3 aromatic carbocycles. The second kappa shape index (κ2) is 7.67. The van der Waals surface area contributed by atoms with Gasteiger partial charge in [-0.1, -0.05) is 66.7 Å². The van der Waals surface area contributed by atoms with Gasteiger partial charge in [-0.2, -0.15) is 0 Å². The van der Waals surface area contributed by atoms with Gasteiger partial charge in [0.25, 0.3) is 0 Å². The quantitative estimate of drug-likeness (QED) is 0.709. The molecule has 0 aliphatic carbocycles. The van der Waals surface area contributed by atoms with Crippen LogP contribution in [0.15, 0.2) is 78.9 Å². The lowest BCUT2D eigenvalue weighted by atomic mass is 10.0. The van der Waals surface area contributed by atoms with Crippen molar-refractivity contribution in [2.24, 2.45) is 0 Å². The zero-order valence-corrected chi connectivity index (χ0v) is 14.1. The number of hydrogen-bond donors (Lipinski definition) is 1. The zero-order chi connectivity index (χ0) is 17.6. The van der Waals surface area contributed by atoms with Gasteiger partial charge in [-0.05, 0) is 41.3 Å². The van der Waals surface area contributed by atoms with Crippen LogP contribution in [-0.2, 0) is 11.2 Å². The standard InChI is InChI=1S/C22H20O3/c1-16-14-19(12-13-20(16)18-10-6-3-7-11-18)25-21(22(23)24)15-17-8-4-2-5-9-17/h2-14,21H,15H2,1H3,(H,23,24)/t21-/m0/s1. The van der Waals surface area contributed by atoms with Crippen LogP contribution in [-0.4, -0.2) is 17.2 Å². The van der Waals surface area contributed by atoms with Gasteiger partial charge >= 0.3 is 5.97 Å². The third kappa shape index (κ3) is 4.27. The second-order valence-electron chi connectivity index (χ2n) is 5.98. The van der Waals surface area contributed by atoms with Crippen molar-refractivity contribution in [1.29, 1.82) is 0 Å². The van der Waals surface area contributed by atoms with E-state index in [1.54, 1.807) is 0 Å². The summed E-state index contributed by atoms with van der Waals surface area (Å²) in [5, 5.41) is 9.47. The van der Waals surface area contributed by atoms with E-state index in [9.17, 15) is 9.90 Å². The van der Waals surface area contributed by atoms with Gasteiger partial charge in [0.15, 0.2) is 6.10 Å². The molecule has 25 heavy (non-hydrogen) atoms. The van der Waals surface area contributed by atoms with Crippen LogP contribution in [0, 0.1) is 6.92 Å². The van der Waals surface area contributed by atoms with E-state index in [4.69, 9.17) is 4.74 Å². The first kappa shape index (κ1) is 16.8. The fourth-order valence-corrected chi connectivity index (χ4v) is 2.82. The Labute approximate surface area is 147 Å². The lowest BCUT2D eigenvalue weighted by molar-refractivity contribution is -0.145. The van der Waals surface area contributed by atoms with Crippen molar-refractivity contribution in [3.8, 4) is 16.9 Å². The predicted molar refractivity (Wildman–Crippen MR) is 98.8 cm³/mol. The average Bonchev–Trinajstić information content (AvgIpc) is 2.63. The lowest BCUT2D eigenvalue weighted by Crippen LogP contribution is -2.29. The highest BCUT2D eigenvalue weighted by atomic mass is 16.5. The lowest BCUT2D eigenvalue weighted by Gasteiger charge is -2.16. The number of carboxylic acids is 1. The van der Waals surface area contributed by atoms with Gasteiger partial charge in [-0.15, -0.1) is 0 Å². The number of hydrogen-bond acceptors (Lipinski definition) is 2. The Morgan fingerprint density at radius 3 is 2.20 bits per heavy atom. The number of aryl methyl sites for hydroxylation is 1. The van der Waals surface area contributed by atoms with Crippen LogP contribution in [0.3, 0.4) is 0 Å². The summed E-state index contributed by atoms with van der Waals surface area (Å²) in [6.07, 6.45) is -0.584. The van der Waals surface area contributed by atoms with E-state index in [1.165, 1.54) is 0 Å². The summed E-state index contributed by atoms with van der Waals surface area (Å²) in [7, 11) is 0. The van der Waals surface area contributed by atoms with Crippen molar-refractivity contribution < 1.29 is 14.6 Å². The van der Waals surface area contributed by atoms with Crippen LogP contribution in [0.4, 0.5) is 0 Å². The number of carbonyl (C=O) groups is 1. The molecule has 0 radical (unpaired) electrons. The van der Waals surface area contributed by atoms with Crippen LogP contribution < -0.4 is 4.74 Å². The zero-order valence-electron chi connectivity index (χ0n) is 14.1. The minimum Gasteiger partial charge on any atom is -0.478 e.